The van der Waals surface area contributed by atoms with Crippen molar-refractivity contribution in [1.82, 2.24) is 9.55 Å². The Morgan fingerprint density at radius 3 is 2.91 bits per heavy atom. The average Bonchev–Trinajstić information content (AvgIpc) is 2.87. The summed E-state index contributed by atoms with van der Waals surface area (Å²) in [5.41, 5.74) is 1.43. The Kier molecular flexibility index (Phi) is 4.40. The van der Waals surface area contributed by atoms with Crippen molar-refractivity contribution in [3.63, 3.8) is 0 Å². The van der Waals surface area contributed by atoms with E-state index in [-0.39, 0.29) is 11.4 Å². The Bertz CT molecular complexity index is 771. The molecule has 1 atom stereocenters. The molecule has 1 unspecified atom stereocenters. The van der Waals surface area contributed by atoms with Crippen molar-refractivity contribution in [2.75, 3.05) is 5.75 Å². The third kappa shape index (κ3) is 2.85. The first kappa shape index (κ1) is 15.4. The molecule has 0 radical (unpaired) electrons. The highest BCUT2D eigenvalue weighted by Crippen LogP contribution is 2.34. The molecule has 3 nitrogen and oxygen atoms in total. The Balaban J connectivity index is 2.18. The Hall–Kier alpha value is -1.53. The van der Waals surface area contributed by atoms with E-state index in [1.54, 1.807) is 34.5 Å². The summed E-state index contributed by atoms with van der Waals surface area (Å²) in [4.78, 5) is 18.2. The lowest BCUT2D eigenvalue weighted by atomic mass is 10.2. The minimum absolute atomic E-state index is 0.0717. The zero-order valence-corrected chi connectivity index (χ0v) is 13.7. The SMILES string of the molecule is C=CCSc1nc2c(c(=O)n1-c1ccc(F)cc1)SC(C)C2. The van der Waals surface area contributed by atoms with Crippen molar-refractivity contribution in [2.45, 2.75) is 28.6 Å². The second kappa shape index (κ2) is 6.30. The molecule has 2 heterocycles. The zero-order chi connectivity index (χ0) is 15.7. The molecular weight excluding hydrogens is 319 g/mol. The van der Waals surface area contributed by atoms with Gasteiger partial charge in [0.05, 0.1) is 16.3 Å². The van der Waals surface area contributed by atoms with E-state index < -0.39 is 0 Å². The maximum Gasteiger partial charge on any atom is 0.272 e. The summed E-state index contributed by atoms with van der Waals surface area (Å²) >= 11 is 3.02. The third-order valence-electron chi connectivity index (χ3n) is 3.30. The van der Waals surface area contributed by atoms with Crippen LogP contribution in [0.4, 0.5) is 4.39 Å². The number of aromatic nitrogens is 2. The van der Waals surface area contributed by atoms with Crippen LogP contribution >= 0.6 is 23.5 Å². The summed E-state index contributed by atoms with van der Waals surface area (Å²) in [6.45, 7) is 5.79. The number of fused-ring (bicyclic) bond motifs is 1. The molecule has 0 saturated carbocycles. The van der Waals surface area contributed by atoms with Crippen LogP contribution in [0.3, 0.4) is 0 Å². The normalized spacial score (nSPS) is 16.5. The molecule has 3 rings (SSSR count). The van der Waals surface area contributed by atoms with E-state index in [4.69, 9.17) is 0 Å². The van der Waals surface area contributed by atoms with E-state index in [0.717, 1.165) is 12.1 Å². The first-order chi connectivity index (χ1) is 10.6. The standard InChI is InChI=1S/C16H15FN2OS2/c1-3-8-21-16-18-13-9-10(2)22-14(13)15(20)19(16)12-6-4-11(17)5-7-12/h3-7,10H,1,8-9H2,2H3. The van der Waals surface area contributed by atoms with Crippen molar-refractivity contribution < 1.29 is 4.39 Å². The lowest BCUT2D eigenvalue weighted by molar-refractivity contribution is 0.626. The molecule has 1 aromatic heterocycles. The maximum atomic E-state index is 13.2. The highest BCUT2D eigenvalue weighted by Gasteiger charge is 2.26. The molecule has 0 bridgehead atoms. The number of thioether (sulfide) groups is 2. The van der Waals surface area contributed by atoms with Crippen LogP contribution in [0.25, 0.3) is 5.69 Å². The van der Waals surface area contributed by atoms with Crippen molar-refractivity contribution >= 4 is 23.5 Å². The van der Waals surface area contributed by atoms with Crippen LogP contribution in [0.1, 0.15) is 12.6 Å². The minimum Gasteiger partial charge on any atom is -0.268 e. The van der Waals surface area contributed by atoms with E-state index in [9.17, 15) is 9.18 Å². The molecule has 2 aromatic rings. The molecular formula is C16H15FN2OS2. The van der Waals surface area contributed by atoms with Gasteiger partial charge < -0.3 is 0 Å². The number of nitrogens with zero attached hydrogens (tertiary/aromatic N) is 2. The molecule has 114 valence electrons. The van der Waals surface area contributed by atoms with Gasteiger partial charge in [0.2, 0.25) is 0 Å². The van der Waals surface area contributed by atoms with Crippen LogP contribution in [0.2, 0.25) is 0 Å². The van der Waals surface area contributed by atoms with E-state index in [2.05, 4.69) is 18.5 Å². The van der Waals surface area contributed by atoms with Gasteiger partial charge in [-0.25, -0.2) is 9.37 Å². The van der Waals surface area contributed by atoms with Crippen LogP contribution in [0, 0.1) is 5.82 Å². The molecule has 0 amide bonds. The second-order valence-electron chi connectivity index (χ2n) is 5.02. The summed E-state index contributed by atoms with van der Waals surface area (Å²) in [6.07, 6.45) is 2.58. The number of rotatable bonds is 4. The van der Waals surface area contributed by atoms with Gasteiger partial charge in [-0.2, -0.15) is 0 Å². The molecule has 1 aliphatic rings. The fraction of sp³-hybridized carbons (Fsp3) is 0.250. The molecule has 0 saturated heterocycles. The maximum absolute atomic E-state index is 13.2. The van der Waals surface area contributed by atoms with Gasteiger partial charge in [-0.15, -0.1) is 18.3 Å². The van der Waals surface area contributed by atoms with Gasteiger partial charge in [0.15, 0.2) is 5.16 Å². The third-order valence-corrected chi connectivity index (χ3v) is 5.45. The van der Waals surface area contributed by atoms with Crippen molar-refractivity contribution in [1.29, 1.82) is 0 Å². The van der Waals surface area contributed by atoms with Gasteiger partial charge in [0, 0.05) is 17.4 Å². The lowest BCUT2D eigenvalue weighted by Gasteiger charge is -2.13. The molecule has 0 aliphatic carbocycles. The van der Waals surface area contributed by atoms with Gasteiger partial charge in [-0.1, -0.05) is 24.8 Å². The predicted octanol–water partition coefficient (Wildman–Crippen LogP) is 3.69. The first-order valence-electron chi connectivity index (χ1n) is 6.92. The Morgan fingerprint density at radius 2 is 2.23 bits per heavy atom. The zero-order valence-electron chi connectivity index (χ0n) is 12.1. The highest BCUT2D eigenvalue weighted by atomic mass is 32.2. The van der Waals surface area contributed by atoms with E-state index >= 15 is 0 Å². The Labute approximate surface area is 136 Å². The van der Waals surface area contributed by atoms with E-state index in [0.29, 0.717) is 26.7 Å². The number of benzene rings is 1. The van der Waals surface area contributed by atoms with Crippen molar-refractivity contribution in [2.24, 2.45) is 0 Å². The first-order valence-corrected chi connectivity index (χ1v) is 8.79. The topological polar surface area (TPSA) is 34.9 Å². The van der Waals surface area contributed by atoms with Crippen LogP contribution in [-0.2, 0) is 6.42 Å². The lowest BCUT2D eigenvalue weighted by Crippen LogP contribution is -2.23. The average molecular weight is 334 g/mol. The number of hydrogen-bond donors (Lipinski definition) is 0. The molecule has 6 heteroatoms. The van der Waals surface area contributed by atoms with E-state index in [1.165, 1.54) is 23.9 Å². The van der Waals surface area contributed by atoms with Crippen LogP contribution in [0.15, 0.2) is 51.8 Å². The highest BCUT2D eigenvalue weighted by molar-refractivity contribution is 8.00. The van der Waals surface area contributed by atoms with Crippen LogP contribution < -0.4 is 5.56 Å². The Morgan fingerprint density at radius 1 is 1.50 bits per heavy atom. The van der Waals surface area contributed by atoms with E-state index in [1.807, 2.05) is 0 Å². The molecule has 1 aliphatic heterocycles. The summed E-state index contributed by atoms with van der Waals surface area (Å²) in [6, 6.07) is 5.91. The molecule has 0 fully saturated rings. The molecule has 0 N–H and O–H groups in total. The van der Waals surface area contributed by atoms with Gasteiger partial charge in [0.1, 0.15) is 5.82 Å². The van der Waals surface area contributed by atoms with Crippen LogP contribution in [0.5, 0.6) is 0 Å². The largest absolute Gasteiger partial charge is 0.272 e. The quantitative estimate of drug-likeness (QED) is 0.485. The molecule has 22 heavy (non-hydrogen) atoms. The van der Waals surface area contributed by atoms with Gasteiger partial charge in [-0.05, 0) is 24.3 Å². The number of hydrogen-bond acceptors (Lipinski definition) is 4. The fourth-order valence-electron chi connectivity index (χ4n) is 2.35. The minimum atomic E-state index is -0.325. The predicted molar refractivity (Wildman–Crippen MR) is 89.7 cm³/mol. The van der Waals surface area contributed by atoms with Crippen LogP contribution in [-0.4, -0.2) is 20.6 Å². The summed E-state index contributed by atoms with van der Waals surface area (Å²) < 4.78 is 14.7. The van der Waals surface area contributed by atoms with Gasteiger partial charge >= 0.3 is 0 Å². The monoisotopic (exact) mass is 334 g/mol. The summed E-state index contributed by atoms with van der Waals surface area (Å²) in [5, 5.41) is 0.987. The smallest absolute Gasteiger partial charge is 0.268 e. The molecule has 1 aromatic carbocycles. The summed E-state index contributed by atoms with van der Waals surface area (Å²) in [5.74, 6) is 0.337. The second-order valence-corrected chi connectivity index (χ2v) is 7.46. The van der Waals surface area contributed by atoms with Gasteiger partial charge in [0.25, 0.3) is 5.56 Å². The van der Waals surface area contributed by atoms with Crippen molar-refractivity contribution in [3.8, 4) is 5.69 Å². The van der Waals surface area contributed by atoms with Crippen molar-refractivity contribution in [3.05, 3.63) is 58.8 Å². The van der Waals surface area contributed by atoms with Gasteiger partial charge in [-0.3, -0.25) is 9.36 Å². The molecule has 0 spiro atoms. The number of halogens is 1. The fourth-order valence-corrected chi connectivity index (χ4v) is 4.21. The summed E-state index contributed by atoms with van der Waals surface area (Å²) in [7, 11) is 0.